The van der Waals surface area contributed by atoms with E-state index in [1.54, 1.807) is 7.11 Å². The van der Waals surface area contributed by atoms with E-state index in [-0.39, 0.29) is 6.03 Å². The fourth-order valence-electron chi connectivity index (χ4n) is 3.13. The molecule has 0 atom stereocenters. The van der Waals surface area contributed by atoms with Gasteiger partial charge < -0.3 is 19.4 Å². The molecule has 3 heterocycles. The third-order valence-corrected chi connectivity index (χ3v) is 4.56. The number of imidazole rings is 1. The van der Waals surface area contributed by atoms with Gasteiger partial charge in [0.15, 0.2) is 0 Å². The van der Waals surface area contributed by atoms with Crippen LogP contribution < -0.4 is 5.32 Å². The molecule has 25 heavy (non-hydrogen) atoms. The van der Waals surface area contributed by atoms with E-state index >= 15 is 0 Å². The van der Waals surface area contributed by atoms with Crippen LogP contribution in [0.1, 0.15) is 12.1 Å². The number of rotatable bonds is 6. The number of aromatic nitrogens is 2. The maximum Gasteiger partial charge on any atom is 0.317 e. The van der Waals surface area contributed by atoms with Crippen molar-refractivity contribution in [3.63, 3.8) is 0 Å². The summed E-state index contributed by atoms with van der Waals surface area (Å²) in [6.07, 6.45) is 5.74. The molecule has 1 aliphatic heterocycles. The number of carbonyl (C=O) groups is 1. The molecule has 2 aromatic heterocycles. The maximum absolute atomic E-state index is 12.4. The normalized spacial score (nSPS) is 16.1. The Balaban J connectivity index is 1.42. The Morgan fingerprint density at radius 3 is 3.04 bits per heavy atom. The third-order valence-electron chi connectivity index (χ3n) is 4.56. The molecule has 136 valence electrons. The standard InChI is InChI=1S/C18H27N5O2/c1-25-14-13-21-8-4-10-22(12-11-21)18(24)19-7-6-16-15-23-9-3-2-5-17(23)20-16/h2-3,5,9,15H,4,6-8,10-14H2,1H3,(H,19,24). The Bertz CT molecular complexity index is 654. The average molecular weight is 345 g/mol. The number of nitrogens with one attached hydrogen (secondary N) is 1. The maximum atomic E-state index is 12.4. The first kappa shape index (κ1) is 17.7. The van der Waals surface area contributed by atoms with Crippen LogP contribution in [0.25, 0.3) is 5.65 Å². The summed E-state index contributed by atoms with van der Waals surface area (Å²) in [4.78, 5) is 21.2. The van der Waals surface area contributed by atoms with Crippen LogP contribution in [-0.4, -0.2) is 78.2 Å². The van der Waals surface area contributed by atoms with Gasteiger partial charge in [-0.3, -0.25) is 4.90 Å². The summed E-state index contributed by atoms with van der Waals surface area (Å²) < 4.78 is 7.14. The molecule has 0 aliphatic carbocycles. The van der Waals surface area contributed by atoms with Crippen LogP contribution >= 0.6 is 0 Å². The number of nitrogens with zero attached hydrogens (tertiary/aromatic N) is 4. The topological polar surface area (TPSA) is 62.1 Å². The summed E-state index contributed by atoms with van der Waals surface area (Å²) in [6.45, 7) is 5.78. The molecule has 1 saturated heterocycles. The number of fused-ring (bicyclic) bond motifs is 1. The van der Waals surface area contributed by atoms with Gasteiger partial charge in [0.25, 0.3) is 0 Å². The predicted molar refractivity (Wildman–Crippen MR) is 96.8 cm³/mol. The second-order valence-corrected chi connectivity index (χ2v) is 6.36. The smallest absolute Gasteiger partial charge is 0.317 e. The van der Waals surface area contributed by atoms with Crippen LogP contribution in [0.4, 0.5) is 4.79 Å². The quantitative estimate of drug-likeness (QED) is 0.856. The van der Waals surface area contributed by atoms with Crippen molar-refractivity contribution in [2.75, 3.05) is 53.0 Å². The first-order chi connectivity index (χ1) is 12.3. The number of methoxy groups -OCH3 is 1. The van der Waals surface area contributed by atoms with Gasteiger partial charge in [-0.1, -0.05) is 6.07 Å². The second-order valence-electron chi connectivity index (χ2n) is 6.36. The minimum absolute atomic E-state index is 0.0253. The highest BCUT2D eigenvalue weighted by atomic mass is 16.5. The number of carbonyl (C=O) groups excluding carboxylic acids is 1. The van der Waals surface area contributed by atoms with E-state index in [4.69, 9.17) is 4.74 Å². The highest BCUT2D eigenvalue weighted by Gasteiger charge is 2.18. The van der Waals surface area contributed by atoms with Gasteiger partial charge in [0.2, 0.25) is 0 Å². The van der Waals surface area contributed by atoms with Crippen LogP contribution in [0.2, 0.25) is 0 Å². The van der Waals surface area contributed by atoms with Crippen molar-refractivity contribution in [3.05, 3.63) is 36.3 Å². The SMILES string of the molecule is COCCN1CCCN(C(=O)NCCc2cn3ccccc3n2)CC1. The molecular formula is C18H27N5O2. The molecule has 0 bridgehead atoms. The molecule has 0 spiro atoms. The lowest BCUT2D eigenvalue weighted by atomic mass is 10.3. The molecule has 7 nitrogen and oxygen atoms in total. The number of ether oxygens (including phenoxy) is 1. The highest BCUT2D eigenvalue weighted by molar-refractivity contribution is 5.74. The lowest BCUT2D eigenvalue weighted by molar-refractivity contribution is 0.149. The van der Waals surface area contributed by atoms with E-state index in [0.717, 1.165) is 63.5 Å². The van der Waals surface area contributed by atoms with Crippen molar-refractivity contribution in [1.82, 2.24) is 24.5 Å². The van der Waals surface area contributed by atoms with Gasteiger partial charge in [0.1, 0.15) is 5.65 Å². The van der Waals surface area contributed by atoms with Crippen LogP contribution in [0, 0.1) is 0 Å². The van der Waals surface area contributed by atoms with Crippen LogP contribution in [0.3, 0.4) is 0 Å². The molecule has 0 radical (unpaired) electrons. The fourth-order valence-corrected chi connectivity index (χ4v) is 3.13. The van der Waals surface area contributed by atoms with Gasteiger partial charge in [-0.25, -0.2) is 9.78 Å². The first-order valence-corrected chi connectivity index (χ1v) is 8.93. The van der Waals surface area contributed by atoms with Crippen LogP contribution in [0.15, 0.2) is 30.6 Å². The molecule has 1 N–H and O–H groups in total. The van der Waals surface area contributed by atoms with Gasteiger partial charge in [-0.2, -0.15) is 0 Å². The predicted octanol–water partition coefficient (Wildman–Crippen LogP) is 1.24. The van der Waals surface area contributed by atoms with Crippen molar-refractivity contribution in [1.29, 1.82) is 0 Å². The molecule has 0 aromatic carbocycles. The van der Waals surface area contributed by atoms with E-state index in [2.05, 4.69) is 15.2 Å². The molecule has 3 rings (SSSR count). The summed E-state index contributed by atoms with van der Waals surface area (Å²) in [5.74, 6) is 0. The van der Waals surface area contributed by atoms with Gasteiger partial charge in [0, 0.05) is 58.6 Å². The minimum atomic E-state index is 0.0253. The largest absolute Gasteiger partial charge is 0.383 e. The number of pyridine rings is 1. The minimum Gasteiger partial charge on any atom is -0.383 e. The zero-order chi connectivity index (χ0) is 17.5. The Morgan fingerprint density at radius 2 is 2.20 bits per heavy atom. The molecule has 1 aliphatic rings. The van der Waals surface area contributed by atoms with Gasteiger partial charge in [-0.05, 0) is 25.1 Å². The Labute approximate surface area is 148 Å². The third kappa shape index (κ3) is 4.93. The Hall–Kier alpha value is -2.12. The summed E-state index contributed by atoms with van der Waals surface area (Å²) >= 11 is 0. The molecule has 2 amide bonds. The average Bonchev–Trinajstić information content (AvgIpc) is 2.89. The zero-order valence-corrected chi connectivity index (χ0v) is 14.9. The van der Waals surface area contributed by atoms with Crippen molar-refractivity contribution in [2.24, 2.45) is 0 Å². The number of hydrogen-bond acceptors (Lipinski definition) is 4. The number of urea groups is 1. The van der Waals surface area contributed by atoms with Crippen LogP contribution in [0.5, 0.6) is 0 Å². The first-order valence-electron chi connectivity index (χ1n) is 8.93. The zero-order valence-electron chi connectivity index (χ0n) is 14.9. The lowest BCUT2D eigenvalue weighted by Gasteiger charge is -2.22. The van der Waals surface area contributed by atoms with Crippen LogP contribution in [-0.2, 0) is 11.2 Å². The number of hydrogen-bond donors (Lipinski definition) is 1. The van der Waals surface area contributed by atoms with Crippen molar-refractivity contribution >= 4 is 11.7 Å². The van der Waals surface area contributed by atoms with Crippen molar-refractivity contribution in [2.45, 2.75) is 12.8 Å². The summed E-state index contributed by atoms with van der Waals surface area (Å²) in [6, 6.07) is 5.96. The Kier molecular flexibility index (Phi) is 6.25. The van der Waals surface area contributed by atoms with E-state index in [1.165, 1.54) is 0 Å². The second kappa shape index (κ2) is 8.82. The molecular weight excluding hydrogens is 318 g/mol. The molecule has 0 unspecified atom stereocenters. The monoisotopic (exact) mass is 345 g/mol. The summed E-state index contributed by atoms with van der Waals surface area (Å²) in [7, 11) is 1.72. The fraction of sp³-hybridized carbons (Fsp3) is 0.556. The van der Waals surface area contributed by atoms with E-state index in [0.29, 0.717) is 6.54 Å². The van der Waals surface area contributed by atoms with E-state index in [1.807, 2.05) is 39.9 Å². The summed E-state index contributed by atoms with van der Waals surface area (Å²) in [5, 5.41) is 3.03. The molecule has 2 aromatic rings. The molecule has 1 fully saturated rings. The van der Waals surface area contributed by atoms with Gasteiger partial charge in [-0.15, -0.1) is 0 Å². The summed E-state index contributed by atoms with van der Waals surface area (Å²) in [5.41, 5.74) is 1.93. The Morgan fingerprint density at radius 1 is 1.28 bits per heavy atom. The van der Waals surface area contributed by atoms with E-state index in [9.17, 15) is 4.79 Å². The molecule has 7 heteroatoms. The highest BCUT2D eigenvalue weighted by Crippen LogP contribution is 2.06. The number of amides is 2. The van der Waals surface area contributed by atoms with Crippen molar-refractivity contribution in [3.8, 4) is 0 Å². The molecule has 0 saturated carbocycles. The van der Waals surface area contributed by atoms with Gasteiger partial charge in [0.05, 0.1) is 12.3 Å². The van der Waals surface area contributed by atoms with Gasteiger partial charge >= 0.3 is 6.03 Å². The van der Waals surface area contributed by atoms with E-state index < -0.39 is 0 Å². The van der Waals surface area contributed by atoms with Crippen molar-refractivity contribution < 1.29 is 9.53 Å². The lowest BCUT2D eigenvalue weighted by Crippen LogP contribution is -2.42.